The number of guanidine groups is 1. The second-order valence-electron chi connectivity index (χ2n) is 4.90. The largest absolute Gasteiger partial charge is 0.370 e. The molecular weight excluding hydrogens is 389 g/mol. The molecule has 2 rings (SSSR count). The molecule has 120 valence electrons. The van der Waals surface area contributed by atoms with E-state index in [9.17, 15) is 0 Å². The molecule has 0 spiro atoms. The Morgan fingerprint density at radius 1 is 1.18 bits per heavy atom. The lowest BCUT2D eigenvalue weighted by Crippen LogP contribution is -2.37. The van der Waals surface area contributed by atoms with E-state index in [2.05, 4.69) is 48.1 Å². The molecule has 0 aliphatic heterocycles. The van der Waals surface area contributed by atoms with Crippen LogP contribution in [0.25, 0.3) is 0 Å². The van der Waals surface area contributed by atoms with Crippen molar-refractivity contribution in [2.24, 2.45) is 10.7 Å². The highest BCUT2D eigenvalue weighted by molar-refractivity contribution is 14.0. The van der Waals surface area contributed by atoms with Gasteiger partial charge in [0.2, 0.25) is 0 Å². The Balaban J connectivity index is 0.00000242. The second kappa shape index (κ2) is 9.45. The lowest BCUT2D eigenvalue weighted by atomic mass is 10.1. The second-order valence-corrected chi connectivity index (χ2v) is 4.90. The summed E-state index contributed by atoms with van der Waals surface area (Å²) in [6, 6.07) is 8.45. The molecule has 1 aromatic carbocycles. The van der Waals surface area contributed by atoms with Crippen molar-refractivity contribution in [2.45, 2.75) is 26.9 Å². The standard InChI is InChI=1S/C16H23N5.HI/c1-3-21(4-2)16(17)19-11-14-5-7-15(8-6-14)12-20-10-9-18-13-20;/h5-10,13H,3-4,11-12H2,1-2H3,(H2,17,19);1H. The molecule has 0 fully saturated rings. The quantitative estimate of drug-likeness (QED) is 0.450. The van der Waals surface area contributed by atoms with Gasteiger partial charge in [-0.05, 0) is 25.0 Å². The minimum absolute atomic E-state index is 0. The van der Waals surface area contributed by atoms with Crippen molar-refractivity contribution >= 4 is 29.9 Å². The maximum atomic E-state index is 5.97. The first-order valence-electron chi connectivity index (χ1n) is 7.31. The number of benzene rings is 1. The van der Waals surface area contributed by atoms with Crippen molar-refractivity contribution in [1.29, 1.82) is 0 Å². The number of nitrogens with two attached hydrogens (primary N) is 1. The first-order chi connectivity index (χ1) is 10.2. The van der Waals surface area contributed by atoms with Crippen LogP contribution in [0.15, 0.2) is 48.0 Å². The first-order valence-corrected chi connectivity index (χ1v) is 7.31. The van der Waals surface area contributed by atoms with Gasteiger partial charge in [-0.1, -0.05) is 24.3 Å². The number of imidazole rings is 1. The minimum atomic E-state index is 0. The minimum Gasteiger partial charge on any atom is -0.370 e. The predicted octanol–water partition coefficient (Wildman–Crippen LogP) is 2.71. The molecule has 5 nitrogen and oxygen atoms in total. The van der Waals surface area contributed by atoms with Gasteiger partial charge in [-0.15, -0.1) is 24.0 Å². The number of hydrogen-bond acceptors (Lipinski definition) is 2. The van der Waals surface area contributed by atoms with E-state index in [-0.39, 0.29) is 24.0 Å². The highest BCUT2D eigenvalue weighted by Gasteiger charge is 2.02. The molecule has 0 radical (unpaired) electrons. The molecule has 0 bridgehead atoms. The Bertz CT molecular complexity index is 559. The summed E-state index contributed by atoms with van der Waals surface area (Å²) in [5.41, 5.74) is 8.39. The topological polar surface area (TPSA) is 59.4 Å². The molecule has 6 heteroatoms. The third-order valence-corrected chi connectivity index (χ3v) is 3.46. The summed E-state index contributed by atoms with van der Waals surface area (Å²) in [5.74, 6) is 0.613. The Morgan fingerprint density at radius 3 is 2.36 bits per heavy atom. The van der Waals surface area contributed by atoms with E-state index >= 15 is 0 Å². The summed E-state index contributed by atoms with van der Waals surface area (Å²) in [7, 11) is 0. The van der Waals surface area contributed by atoms with Crippen LogP contribution in [-0.2, 0) is 13.1 Å². The van der Waals surface area contributed by atoms with Crippen molar-refractivity contribution in [3.05, 3.63) is 54.1 Å². The Labute approximate surface area is 149 Å². The van der Waals surface area contributed by atoms with Gasteiger partial charge < -0.3 is 15.2 Å². The monoisotopic (exact) mass is 413 g/mol. The van der Waals surface area contributed by atoms with Crippen molar-refractivity contribution in [1.82, 2.24) is 14.5 Å². The third kappa shape index (κ3) is 5.32. The molecule has 22 heavy (non-hydrogen) atoms. The SMILES string of the molecule is CCN(CC)C(N)=NCc1ccc(Cn2ccnc2)cc1.I. The van der Waals surface area contributed by atoms with E-state index in [1.807, 2.05) is 22.0 Å². The zero-order chi connectivity index (χ0) is 15.1. The molecule has 1 heterocycles. The van der Waals surface area contributed by atoms with Gasteiger partial charge in [-0.2, -0.15) is 0 Å². The van der Waals surface area contributed by atoms with Crippen LogP contribution in [0.5, 0.6) is 0 Å². The maximum absolute atomic E-state index is 5.97. The van der Waals surface area contributed by atoms with Crippen LogP contribution in [-0.4, -0.2) is 33.5 Å². The number of aromatic nitrogens is 2. The van der Waals surface area contributed by atoms with Gasteiger partial charge >= 0.3 is 0 Å². The first kappa shape index (κ1) is 18.5. The summed E-state index contributed by atoms with van der Waals surface area (Å²) in [6.07, 6.45) is 5.57. The zero-order valence-electron chi connectivity index (χ0n) is 13.1. The van der Waals surface area contributed by atoms with E-state index < -0.39 is 0 Å². The van der Waals surface area contributed by atoms with Gasteiger partial charge in [0.25, 0.3) is 0 Å². The number of hydrogen-bond donors (Lipinski definition) is 1. The summed E-state index contributed by atoms with van der Waals surface area (Å²) in [4.78, 5) is 10.5. The van der Waals surface area contributed by atoms with E-state index in [0.717, 1.165) is 19.6 Å². The smallest absolute Gasteiger partial charge is 0.191 e. The molecule has 0 saturated heterocycles. The van der Waals surface area contributed by atoms with E-state index in [0.29, 0.717) is 12.5 Å². The summed E-state index contributed by atoms with van der Waals surface area (Å²) >= 11 is 0. The third-order valence-electron chi connectivity index (χ3n) is 3.46. The fourth-order valence-electron chi connectivity index (χ4n) is 2.16. The van der Waals surface area contributed by atoms with Crippen LogP contribution in [0.1, 0.15) is 25.0 Å². The summed E-state index contributed by atoms with van der Waals surface area (Å²) in [5, 5.41) is 0. The van der Waals surface area contributed by atoms with Crippen LogP contribution in [0.3, 0.4) is 0 Å². The van der Waals surface area contributed by atoms with Crippen molar-refractivity contribution in [3.63, 3.8) is 0 Å². The van der Waals surface area contributed by atoms with E-state index in [1.165, 1.54) is 11.1 Å². The van der Waals surface area contributed by atoms with Gasteiger partial charge in [0.1, 0.15) is 0 Å². The number of rotatable bonds is 6. The average molecular weight is 413 g/mol. The van der Waals surface area contributed by atoms with Crippen molar-refractivity contribution < 1.29 is 0 Å². The fourth-order valence-corrected chi connectivity index (χ4v) is 2.16. The van der Waals surface area contributed by atoms with Crippen LogP contribution < -0.4 is 5.73 Å². The average Bonchev–Trinajstić information content (AvgIpc) is 3.01. The van der Waals surface area contributed by atoms with Gasteiger partial charge in [0.05, 0.1) is 12.9 Å². The number of nitrogens with zero attached hydrogens (tertiary/aromatic N) is 4. The molecule has 1 aromatic heterocycles. The highest BCUT2D eigenvalue weighted by Crippen LogP contribution is 2.07. The van der Waals surface area contributed by atoms with Crippen LogP contribution in [0.4, 0.5) is 0 Å². The molecule has 0 aliphatic rings. The molecule has 0 saturated carbocycles. The molecule has 2 N–H and O–H groups in total. The van der Waals surface area contributed by atoms with Crippen molar-refractivity contribution in [2.75, 3.05) is 13.1 Å². The molecule has 0 amide bonds. The molecule has 0 atom stereocenters. The van der Waals surface area contributed by atoms with Crippen LogP contribution >= 0.6 is 24.0 Å². The zero-order valence-corrected chi connectivity index (χ0v) is 15.5. The molecular formula is C16H24IN5. The van der Waals surface area contributed by atoms with E-state index in [1.54, 1.807) is 6.20 Å². The van der Waals surface area contributed by atoms with Gasteiger partial charge in [0, 0.05) is 32.0 Å². The summed E-state index contributed by atoms with van der Waals surface area (Å²) < 4.78 is 2.05. The Hall–Kier alpha value is -1.57. The number of aliphatic imine (C=N–C) groups is 1. The van der Waals surface area contributed by atoms with Crippen molar-refractivity contribution in [3.8, 4) is 0 Å². The summed E-state index contributed by atoms with van der Waals surface area (Å²) in [6.45, 7) is 7.39. The lowest BCUT2D eigenvalue weighted by Gasteiger charge is -2.19. The fraction of sp³-hybridized carbons (Fsp3) is 0.375. The molecule has 0 unspecified atom stereocenters. The van der Waals surface area contributed by atoms with Crippen LogP contribution in [0.2, 0.25) is 0 Å². The maximum Gasteiger partial charge on any atom is 0.191 e. The van der Waals surface area contributed by atoms with Gasteiger partial charge in [-0.25, -0.2) is 9.98 Å². The highest BCUT2D eigenvalue weighted by atomic mass is 127. The Kier molecular flexibility index (Phi) is 7.94. The Morgan fingerprint density at radius 2 is 1.82 bits per heavy atom. The lowest BCUT2D eigenvalue weighted by molar-refractivity contribution is 0.458. The molecule has 2 aromatic rings. The predicted molar refractivity (Wildman–Crippen MR) is 101 cm³/mol. The van der Waals surface area contributed by atoms with E-state index in [4.69, 9.17) is 5.73 Å². The van der Waals surface area contributed by atoms with Crippen LogP contribution in [0, 0.1) is 0 Å². The normalized spacial score (nSPS) is 11.1. The van der Waals surface area contributed by atoms with Gasteiger partial charge in [0.15, 0.2) is 5.96 Å². The number of halogens is 1. The van der Waals surface area contributed by atoms with Gasteiger partial charge in [-0.3, -0.25) is 0 Å². The molecule has 0 aliphatic carbocycles.